The average Bonchev–Trinajstić information content (AvgIpc) is 2.37. The minimum absolute atomic E-state index is 0.176. The number of unbranched alkanes of at least 4 members (excludes halogenated alkanes) is 9. The number of carbonyl (C=O) groups is 1. The Balaban J connectivity index is 0. The Labute approximate surface area is 125 Å². The van der Waals surface area contributed by atoms with Gasteiger partial charge in [0.2, 0.25) is 0 Å². The molecule has 0 rings (SSSR count). The molecule has 0 aromatic rings. The van der Waals surface area contributed by atoms with Crippen LogP contribution in [0.4, 0.5) is 0 Å². The summed E-state index contributed by atoms with van der Waals surface area (Å²) in [5.41, 5.74) is 0.176. The second-order valence-electron chi connectivity index (χ2n) is 4.99. The minimum Gasteiger partial charge on any atom is -0.478 e. The molecule has 0 saturated heterocycles. The molecule has 0 aliphatic carbocycles. The lowest BCUT2D eigenvalue weighted by Gasteiger charge is -2.00. The van der Waals surface area contributed by atoms with Crippen LogP contribution in [0.1, 0.15) is 78.1 Å². The lowest BCUT2D eigenvalue weighted by molar-refractivity contribution is -0.132. The van der Waals surface area contributed by atoms with E-state index in [0.29, 0.717) is 0 Å². The normalized spacial score (nSPS) is 9.63. The molecule has 0 aliphatic heterocycles. The quantitative estimate of drug-likeness (QED) is 0.300. The first-order chi connectivity index (χ1) is 9.06. The molecule has 2 nitrogen and oxygen atoms in total. The molecule has 0 amide bonds. The van der Waals surface area contributed by atoms with Crippen molar-refractivity contribution in [1.29, 1.82) is 0 Å². The van der Waals surface area contributed by atoms with Crippen molar-refractivity contribution in [3.8, 4) is 0 Å². The summed E-state index contributed by atoms with van der Waals surface area (Å²) in [6, 6.07) is 0. The fourth-order valence-corrected chi connectivity index (χ4v) is 1.82. The summed E-state index contributed by atoms with van der Waals surface area (Å²) in [6.07, 6.45) is 14.2. The molecule has 3 heteroatoms. The van der Waals surface area contributed by atoms with Crippen LogP contribution >= 0.6 is 12.6 Å². The van der Waals surface area contributed by atoms with Crippen LogP contribution in [0.3, 0.4) is 0 Å². The second kappa shape index (κ2) is 17.6. The molecule has 0 aromatic heterocycles. The highest BCUT2D eigenvalue weighted by Crippen LogP contribution is 2.10. The summed E-state index contributed by atoms with van der Waals surface area (Å²) in [4.78, 5) is 9.60. The third kappa shape index (κ3) is 23.1. The van der Waals surface area contributed by atoms with Gasteiger partial charge in [-0.3, -0.25) is 0 Å². The van der Waals surface area contributed by atoms with Crippen LogP contribution in [0.5, 0.6) is 0 Å². The summed E-state index contributed by atoms with van der Waals surface area (Å²) in [5, 5.41) is 7.89. The summed E-state index contributed by atoms with van der Waals surface area (Å²) >= 11 is 4.20. The number of carboxylic acid groups (broad SMARTS) is 1. The molecule has 0 unspecified atom stereocenters. The first kappa shape index (κ1) is 20.9. The number of aliphatic carboxylic acids is 1. The minimum atomic E-state index is -0.935. The van der Waals surface area contributed by atoms with Crippen LogP contribution in [0.25, 0.3) is 0 Å². The van der Waals surface area contributed by atoms with Gasteiger partial charge in [0.1, 0.15) is 0 Å². The summed E-state index contributed by atoms with van der Waals surface area (Å²) < 4.78 is 0. The monoisotopic (exact) mass is 288 g/mol. The molecule has 0 bridgehead atoms. The average molecular weight is 288 g/mol. The maximum absolute atomic E-state index is 9.60. The van der Waals surface area contributed by atoms with Gasteiger partial charge in [0.15, 0.2) is 0 Å². The maximum Gasteiger partial charge on any atom is 0.330 e. The molecule has 0 radical (unpaired) electrons. The third-order valence-corrected chi connectivity index (χ3v) is 3.19. The van der Waals surface area contributed by atoms with Gasteiger partial charge in [-0.25, -0.2) is 4.79 Å². The van der Waals surface area contributed by atoms with E-state index in [1.54, 1.807) is 0 Å². The van der Waals surface area contributed by atoms with Gasteiger partial charge in [-0.15, -0.1) is 0 Å². The van der Waals surface area contributed by atoms with E-state index in [2.05, 4.69) is 26.1 Å². The van der Waals surface area contributed by atoms with Crippen molar-refractivity contribution >= 4 is 18.6 Å². The van der Waals surface area contributed by atoms with E-state index >= 15 is 0 Å². The fourth-order valence-electron chi connectivity index (χ4n) is 1.60. The van der Waals surface area contributed by atoms with Gasteiger partial charge in [0.25, 0.3) is 0 Å². The van der Waals surface area contributed by atoms with Crippen molar-refractivity contribution < 1.29 is 9.90 Å². The Morgan fingerprint density at radius 1 is 0.947 bits per heavy atom. The zero-order valence-corrected chi connectivity index (χ0v) is 13.7. The number of thiol groups is 1. The number of rotatable bonds is 11. The zero-order chi connectivity index (χ0) is 14.9. The lowest BCUT2D eigenvalue weighted by Crippen LogP contribution is -1.92. The Hall–Kier alpha value is -0.440. The largest absolute Gasteiger partial charge is 0.478 e. The predicted octanol–water partition coefficient (Wildman–Crippen LogP) is 5.48. The second-order valence-corrected chi connectivity index (χ2v) is 5.44. The zero-order valence-electron chi connectivity index (χ0n) is 12.8. The van der Waals surface area contributed by atoms with Crippen molar-refractivity contribution in [2.24, 2.45) is 0 Å². The third-order valence-electron chi connectivity index (χ3n) is 2.88. The van der Waals surface area contributed by atoms with E-state index < -0.39 is 5.97 Å². The molecule has 0 aromatic carbocycles. The highest BCUT2D eigenvalue weighted by atomic mass is 32.1. The molecule has 0 atom stereocenters. The molecule has 114 valence electrons. The van der Waals surface area contributed by atoms with E-state index in [1.807, 2.05) is 0 Å². The van der Waals surface area contributed by atoms with E-state index in [0.717, 1.165) is 5.75 Å². The smallest absolute Gasteiger partial charge is 0.330 e. The van der Waals surface area contributed by atoms with Gasteiger partial charge in [0, 0.05) is 5.57 Å². The molecule has 0 spiro atoms. The first-order valence-electron chi connectivity index (χ1n) is 7.55. The predicted molar refractivity (Wildman–Crippen MR) is 88.1 cm³/mol. The molecule has 0 aliphatic rings. The Morgan fingerprint density at radius 3 is 1.53 bits per heavy atom. The van der Waals surface area contributed by atoms with Crippen LogP contribution in [0.15, 0.2) is 12.2 Å². The topological polar surface area (TPSA) is 37.3 Å². The van der Waals surface area contributed by atoms with Crippen molar-refractivity contribution in [2.45, 2.75) is 78.1 Å². The van der Waals surface area contributed by atoms with E-state index in [4.69, 9.17) is 5.11 Å². The number of hydrogen-bond acceptors (Lipinski definition) is 2. The van der Waals surface area contributed by atoms with Gasteiger partial charge in [-0.1, -0.05) is 71.3 Å². The van der Waals surface area contributed by atoms with E-state index in [1.165, 1.54) is 71.1 Å². The Morgan fingerprint density at radius 2 is 1.26 bits per heavy atom. The highest BCUT2D eigenvalue weighted by Gasteiger charge is 1.91. The van der Waals surface area contributed by atoms with Crippen molar-refractivity contribution in [3.63, 3.8) is 0 Å². The van der Waals surface area contributed by atoms with Gasteiger partial charge in [0.05, 0.1) is 0 Å². The molecule has 0 heterocycles. The lowest BCUT2D eigenvalue weighted by atomic mass is 10.1. The van der Waals surface area contributed by atoms with Gasteiger partial charge in [-0.2, -0.15) is 12.6 Å². The van der Waals surface area contributed by atoms with E-state index in [-0.39, 0.29) is 5.57 Å². The molecular weight excluding hydrogens is 256 g/mol. The Bertz CT molecular complexity index is 193. The molecule has 0 saturated carbocycles. The molecule has 0 fully saturated rings. The van der Waals surface area contributed by atoms with Crippen molar-refractivity contribution in [2.75, 3.05) is 5.75 Å². The summed E-state index contributed by atoms with van der Waals surface area (Å²) in [6.45, 7) is 6.88. The fraction of sp³-hybridized carbons (Fsp3) is 0.812. The number of carboxylic acids is 1. The SMILES string of the molecule is C=C(C)C(=O)O.CCCCCCCCCCCCS. The standard InChI is InChI=1S/C12H26S.C4H6O2/c1-2-3-4-5-6-7-8-9-10-11-12-13;1-3(2)4(5)6/h13H,2-12H2,1H3;1H2,2H3,(H,5,6). The number of hydrogen-bond donors (Lipinski definition) is 2. The van der Waals surface area contributed by atoms with Crippen LogP contribution < -0.4 is 0 Å². The summed E-state index contributed by atoms with van der Waals surface area (Å²) in [7, 11) is 0. The summed E-state index contributed by atoms with van der Waals surface area (Å²) in [5.74, 6) is 0.131. The van der Waals surface area contributed by atoms with Crippen molar-refractivity contribution in [3.05, 3.63) is 12.2 Å². The highest BCUT2D eigenvalue weighted by molar-refractivity contribution is 7.80. The first-order valence-corrected chi connectivity index (χ1v) is 8.19. The maximum atomic E-state index is 9.60. The van der Waals surface area contributed by atoms with Crippen molar-refractivity contribution in [1.82, 2.24) is 0 Å². The van der Waals surface area contributed by atoms with Gasteiger partial charge in [-0.05, 0) is 19.1 Å². The van der Waals surface area contributed by atoms with E-state index in [9.17, 15) is 4.79 Å². The van der Waals surface area contributed by atoms with Gasteiger partial charge >= 0.3 is 5.97 Å². The molecular formula is C16H32O2S. The van der Waals surface area contributed by atoms with Crippen LogP contribution in [-0.4, -0.2) is 16.8 Å². The Kier molecular flexibility index (Phi) is 19.3. The van der Waals surface area contributed by atoms with Crippen LogP contribution in [0.2, 0.25) is 0 Å². The molecule has 19 heavy (non-hydrogen) atoms. The molecule has 1 N–H and O–H groups in total. The van der Waals surface area contributed by atoms with Crippen LogP contribution in [0, 0.1) is 0 Å². The van der Waals surface area contributed by atoms with Crippen LogP contribution in [-0.2, 0) is 4.79 Å². The van der Waals surface area contributed by atoms with Gasteiger partial charge < -0.3 is 5.11 Å².